The minimum Gasteiger partial charge on any atom is -0.508 e. The fraction of sp³-hybridized carbons (Fsp3) is 0.519. The van der Waals surface area contributed by atoms with Crippen LogP contribution < -0.4 is 0 Å². The molecule has 2 aliphatic heterocycles. The van der Waals surface area contributed by atoms with E-state index in [1.54, 1.807) is 19.2 Å². The molecule has 11 heteroatoms. The monoisotopic (exact) mass is 545 g/mol. The van der Waals surface area contributed by atoms with E-state index in [4.69, 9.17) is 21.0 Å². The van der Waals surface area contributed by atoms with E-state index in [0.29, 0.717) is 22.8 Å². The third-order valence-corrected chi connectivity index (χ3v) is 7.95. The number of benzene rings is 1. The number of nitrogens with zero attached hydrogens (tertiary/aromatic N) is 1. The van der Waals surface area contributed by atoms with Crippen LogP contribution in [0.1, 0.15) is 44.6 Å². The van der Waals surface area contributed by atoms with Gasteiger partial charge in [-0.2, -0.15) is 4.90 Å². The lowest BCUT2D eigenvalue weighted by atomic mass is 9.58. The average molecular weight is 546 g/mol. The summed E-state index contributed by atoms with van der Waals surface area (Å²) in [6, 6.07) is 4.85. The van der Waals surface area contributed by atoms with Crippen molar-refractivity contribution in [1.82, 2.24) is 4.90 Å². The first-order valence-electron chi connectivity index (χ1n) is 12.9. The molecule has 3 amide bonds. The number of carbonyl (C=O) groups is 3. The van der Waals surface area contributed by atoms with E-state index in [0.717, 1.165) is 42.2 Å². The molecule has 3 aliphatic rings. The van der Waals surface area contributed by atoms with Crippen molar-refractivity contribution < 1.29 is 38.6 Å². The molecule has 0 bridgehead atoms. The summed E-state index contributed by atoms with van der Waals surface area (Å²) in [5.74, 6) is -3.00. The number of rotatable bonds is 8. The van der Waals surface area contributed by atoms with Crippen molar-refractivity contribution in [2.24, 2.45) is 17.8 Å². The van der Waals surface area contributed by atoms with Crippen molar-refractivity contribution >= 4 is 42.7 Å². The number of methoxy groups -OCH3 is 2. The Hall–Kier alpha value is -2.66. The maximum Gasteiger partial charge on any atom is 0.455 e. The van der Waals surface area contributed by atoms with E-state index >= 15 is 0 Å². The Kier molecular flexibility index (Phi) is 8.98. The zero-order chi connectivity index (χ0) is 27.6. The number of allylic oxidation sites excluding steroid dienone is 1. The van der Waals surface area contributed by atoms with Crippen LogP contribution in [0.2, 0.25) is 11.3 Å². The second kappa shape index (κ2) is 12.0. The number of hydrogen-bond donors (Lipinski definition) is 2. The van der Waals surface area contributed by atoms with Crippen LogP contribution in [0, 0.1) is 17.8 Å². The molecular weight excluding hydrogens is 513 g/mol. The van der Waals surface area contributed by atoms with Gasteiger partial charge in [-0.25, -0.2) is 4.79 Å². The van der Waals surface area contributed by atoms with Crippen molar-refractivity contribution in [1.29, 1.82) is 0 Å². The van der Waals surface area contributed by atoms with Gasteiger partial charge in [-0.05, 0) is 72.8 Å². The number of halogens is 1. The van der Waals surface area contributed by atoms with Crippen LogP contribution in [0.25, 0.3) is 6.08 Å². The molecule has 0 spiro atoms. The van der Waals surface area contributed by atoms with Crippen LogP contribution in [0.15, 0.2) is 34.9 Å². The highest BCUT2D eigenvalue weighted by molar-refractivity contribution is 6.43. The zero-order valence-corrected chi connectivity index (χ0v) is 22.6. The van der Waals surface area contributed by atoms with Crippen LogP contribution in [0.4, 0.5) is 4.79 Å². The summed E-state index contributed by atoms with van der Waals surface area (Å²) >= 11 is 6.33. The molecule has 2 N–H and O–H groups in total. The molecule has 1 aromatic carbocycles. The summed E-state index contributed by atoms with van der Waals surface area (Å²) in [5.41, 5.74) is 3.68. The lowest BCUT2D eigenvalue weighted by Crippen LogP contribution is -2.46. The molecule has 4 rings (SSSR count). The summed E-state index contributed by atoms with van der Waals surface area (Å²) in [7, 11) is 1.58. The molecule has 0 aromatic heterocycles. The maximum absolute atomic E-state index is 13.3. The van der Waals surface area contributed by atoms with Gasteiger partial charge in [0.15, 0.2) is 0 Å². The molecule has 1 aromatic rings. The summed E-state index contributed by atoms with van der Waals surface area (Å²) in [5, 5.41) is 20.8. The lowest BCUT2D eigenvalue weighted by molar-refractivity contribution is -0.137. The highest BCUT2D eigenvalue weighted by Gasteiger charge is 2.59. The van der Waals surface area contributed by atoms with Gasteiger partial charge in [-0.3, -0.25) is 9.59 Å². The van der Waals surface area contributed by atoms with Crippen LogP contribution in [0.5, 0.6) is 5.75 Å². The summed E-state index contributed by atoms with van der Waals surface area (Å²) in [6.45, 7) is 2.34. The molecule has 0 radical (unpaired) electrons. The number of carbonyl (C=O) groups excluding carboxylic acids is 3. The summed E-state index contributed by atoms with van der Waals surface area (Å²) in [4.78, 5) is 39.2. The van der Waals surface area contributed by atoms with E-state index in [2.05, 4.69) is 11.7 Å². The molecule has 38 heavy (non-hydrogen) atoms. The Morgan fingerprint density at radius 1 is 1.24 bits per heavy atom. The van der Waals surface area contributed by atoms with Gasteiger partial charge in [0.1, 0.15) is 5.75 Å². The van der Waals surface area contributed by atoms with E-state index in [-0.39, 0.29) is 25.1 Å². The third kappa shape index (κ3) is 5.54. The van der Waals surface area contributed by atoms with Gasteiger partial charge < -0.3 is 24.3 Å². The molecular formula is C27H33BClNO8. The number of fused-ring (bicyclic) bond motifs is 3. The predicted octanol–water partition coefficient (Wildman–Crippen LogP) is 4.22. The first-order chi connectivity index (χ1) is 18.2. The first-order valence-corrected chi connectivity index (χ1v) is 13.3. The number of phenols is 1. The smallest absolute Gasteiger partial charge is 0.455 e. The SMILES string of the molecule is CCC/C(=C\c1ccc(O)cc1Cl)CC[C@H]1OB(O)C[C@H]2C1=C(COC)C[C@H]1C(=O)N(C(=O)OC)C(=O)[C@H]12. The zero-order valence-electron chi connectivity index (χ0n) is 21.8. The molecule has 2 saturated heterocycles. The van der Waals surface area contributed by atoms with Gasteiger partial charge in [0.2, 0.25) is 11.8 Å². The molecule has 4 atom stereocenters. The minimum absolute atomic E-state index is 0.0961. The first kappa shape index (κ1) is 28.4. The van der Waals surface area contributed by atoms with Crippen LogP contribution in [-0.4, -0.2) is 67.0 Å². The molecule has 1 aliphatic carbocycles. The standard InChI is InChI=1S/C27H33BClNO8/c1-4-5-15(10-16-7-8-18(31)12-21(16)29)6-9-22-23-17(14-36-2)11-19-24(20(23)13-28(35)38-22)26(33)30(25(19)32)27(34)37-3/h7-8,10,12,19-20,22,24,31,35H,4-6,9,11,13-14H2,1-3H3/b15-10+/t19-,20+,22-,24-/m1/s1. The van der Waals surface area contributed by atoms with Gasteiger partial charge in [0.05, 0.1) is 36.7 Å². The van der Waals surface area contributed by atoms with Crippen molar-refractivity contribution in [3.63, 3.8) is 0 Å². The number of imide groups is 3. The van der Waals surface area contributed by atoms with E-state index < -0.39 is 48.9 Å². The number of phenolic OH excluding ortho intramolecular Hbond substituents is 1. The Bertz CT molecular complexity index is 1170. The molecule has 204 valence electrons. The van der Waals surface area contributed by atoms with Crippen molar-refractivity contribution in [2.75, 3.05) is 20.8 Å². The Labute approximate surface area is 227 Å². The number of hydrogen-bond acceptors (Lipinski definition) is 8. The molecule has 2 heterocycles. The topological polar surface area (TPSA) is 123 Å². The van der Waals surface area contributed by atoms with E-state index in [9.17, 15) is 24.5 Å². The van der Waals surface area contributed by atoms with Crippen LogP contribution >= 0.6 is 11.6 Å². The lowest BCUT2D eigenvalue weighted by Gasteiger charge is -2.43. The Morgan fingerprint density at radius 3 is 2.66 bits per heavy atom. The van der Waals surface area contributed by atoms with Gasteiger partial charge in [-0.1, -0.05) is 36.6 Å². The van der Waals surface area contributed by atoms with Gasteiger partial charge in [-0.15, -0.1) is 0 Å². The normalized spacial score (nSPS) is 25.6. The van der Waals surface area contributed by atoms with Gasteiger partial charge in [0, 0.05) is 7.11 Å². The molecule has 9 nitrogen and oxygen atoms in total. The third-order valence-electron chi connectivity index (χ3n) is 7.63. The highest BCUT2D eigenvalue weighted by atomic mass is 35.5. The minimum atomic E-state index is -1.11. The number of aromatic hydroxyl groups is 1. The second-order valence-corrected chi connectivity index (χ2v) is 10.4. The van der Waals surface area contributed by atoms with Gasteiger partial charge >= 0.3 is 13.2 Å². The fourth-order valence-corrected chi connectivity index (χ4v) is 6.33. The maximum atomic E-state index is 13.3. The largest absolute Gasteiger partial charge is 0.508 e. The van der Waals surface area contributed by atoms with Crippen molar-refractivity contribution in [3.05, 3.63) is 45.5 Å². The summed E-state index contributed by atoms with van der Waals surface area (Å²) in [6.07, 6.45) is 3.89. The Morgan fingerprint density at radius 2 is 2.00 bits per heavy atom. The molecule has 0 unspecified atom stereocenters. The fourth-order valence-electron chi connectivity index (χ4n) is 6.10. The number of ether oxygens (including phenoxy) is 2. The quantitative estimate of drug-likeness (QED) is 0.283. The van der Waals surface area contributed by atoms with Crippen molar-refractivity contribution in [2.45, 2.75) is 51.5 Å². The summed E-state index contributed by atoms with van der Waals surface area (Å²) < 4.78 is 16.2. The Balaban J connectivity index is 1.64. The van der Waals surface area contributed by atoms with Crippen LogP contribution in [-0.2, 0) is 23.7 Å². The van der Waals surface area contributed by atoms with Crippen molar-refractivity contribution in [3.8, 4) is 5.75 Å². The predicted molar refractivity (Wildman–Crippen MR) is 141 cm³/mol. The van der Waals surface area contributed by atoms with E-state index in [1.165, 1.54) is 6.07 Å². The van der Waals surface area contributed by atoms with E-state index in [1.807, 2.05) is 6.08 Å². The van der Waals surface area contributed by atoms with Gasteiger partial charge in [0.25, 0.3) is 0 Å². The molecule has 0 saturated carbocycles. The number of likely N-dealkylation sites (tertiary alicyclic amines) is 1. The van der Waals surface area contributed by atoms with Crippen LogP contribution in [0.3, 0.4) is 0 Å². The average Bonchev–Trinajstić information content (AvgIpc) is 3.13. The molecule has 2 fully saturated rings. The highest BCUT2D eigenvalue weighted by Crippen LogP contribution is 2.50. The second-order valence-electron chi connectivity index (χ2n) is 10.0. The number of amides is 3.